The Labute approximate surface area is 96.9 Å². The number of benzene rings is 1. The smallest absolute Gasteiger partial charge is 0.271 e. The summed E-state index contributed by atoms with van der Waals surface area (Å²) in [6.45, 7) is 1.90. The highest BCUT2D eigenvalue weighted by atomic mass is 16.6. The van der Waals surface area contributed by atoms with Crippen LogP contribution in [0.15, 0.2) is 24.5 Å². The molecule has 0 radical (unpaired) electrons. The van der Waals surface area contributed by atoms with Crippen LogP contribution in [0.5, 0.6) is 0 Å². The molecule has 0 saturated heterocycles. The lowest BCUT2D eigenvalue weighted by atomic mass is 10.2. The number of imidazole rings is 1. The third-order valence-electron chi connectivity index (χ3n) is 2.59. The fraction of sp³-hybridized carbons (Fsp3) is 0.300. The third kappa shape index (κ3) is 1.97. The van der Waals surface area contributed by atoms with Crippen molar-refractivity contribution in [1.82, 2.24) is 9.55 Å². The number of nitrogens with zero attached hydrogens (tertiary/aromatic N) is 3. The lowest BCUT2D eigenvalue weighted by Gasteiger charge is -2.14. The molecule has 1 aromatic heterocycles. The number of nitro groups is 1. The van der Waals surface area contributed by atoms with Crippen LogP contribution in [-0.2, 0) is 4.84 Å². The van der Waals surface area contributed by atoms with Gasteiger partial charge in [-0.2, -0.15) is 0 Å². The van der Waals surface area contributed by atoms with E-state index >= 15 is 0 Å². The maximum absolute atomic E-state index is 10.7. The van der Waals surface area contributed by atoms with Crippen molar-refractivity contribution in [3.63, 3.8) is 0 Å². The molecule has 2 rings (SSSR count). The molecular formula is C10H12N4O3. The summed E-state index contributed by atoms with van der Waals surface area (Å²) >= 11 is 0. The van der Waals surface area contributed by atoms with Crippen LogP contribution < -0.4 is 5.90 Å². The summed E-state index contributed by atoms with van der Waals surface area (Å²) in [5.41, 5.74) is 1.33. The van der Waals surface area contributed by atoms with Crippen LogP contribution >= 0.6 is 0 Å². The van der Waals surface area contributed by atoms with Gasteiger partial charge in [-0.25, -0.2) is 10.9 Å². The first-order valence-electron chi connectivity index (χ1n) is 5.14. The van der Waals surface area contributed by atoms with Crippen molar-refractivity contribution < 1.29 is 9.76 Å². The van der Waals surface area contributed by atoms with Crippen LogP contribution in [0, 0.1) is 10.1 Å². The van der Waals surface area contributed by atoms with Gasteiger partial charge in [0.25, 0.3) is 5.69 Å². The van der Waals surface area contributed by atoms with Gasteiger partial charge >= 0.3 is 0 Å². The zero-order valence-electron chi connectivity index (χ0n) is 9.24. The van der Waals surface area contributed by atoms with Crippen LogP contribution in [0.1, 0.15) is 19.6 Å². The van der Waals surface area contributed by atoms with Crippen molar-refractivity contribution in [2.75, 3.05) is 0 Å². The lowest BCUT2D eigenvalue weighted by molar-refractivity contribution is -0.384. The lowest BCUT2D eigenvalue weighted by Crippen LogP contribution is -2.14. The first-order chi connectivity index (χ1) is 8.17. The van der Waals surface area contributed by atoms with E-state index in [9.17, 15) is 10.1 Å². The van der Waals surface area contributed by atoms with Crippen molar-refractivity contribution in [2.24, 2.45) is 5.90 Å². The fourth-order valence-corrected chi connectivity index (χ4v) is 1.72. The zero-order chi connectivity index (χ0) is 12.4. The van der Waals surface area contributed by atoms with Crippen molar-refractivity contribution in [1.29, 1.82) is 0 Å². The van der Waals surface area contributed by atoms with E-state index in [1.165, 1.54) is 12.1 Å². The number of nitrogens with two attached hydrogens (primary N) is 1. The number of rotatable bonds is 4. The van der Waals surface area contributed by atoms with E-state index in [1.807, 2.05) is 6.92 Å². The molecule has 2 aromatic rings. The molecule has 0 aliphatic carbocycles. The minimum atomic E-state index is -0.443. The number of nitro benzene ring substituents is 1. The van der Waals surface area contributed by atoms with E-state index in [-0.39, 0.29) is 11.9 Å². The standard InChI is InChI=1S/C10H12N4O3/c1-2-10(17-11)13-6-12-8-4-3-7(14(15)16)5-9(8)13/h3-6,10H,2,11H2,1H3. The number of hydrogen-bond donors (Lipinski definition) is 1. The second-order valence-corrected chi connectivity index (χ2v) is 3.58. The molecule has 0 saturated carbocycles. The molecule has 1 aromatic carbocycles. The minimum Gasteiger partial charge on any atom is -0.302 e. The maximum atomic E-state index is 10.7. The van der Waals surface area contributed by atoms with Gasteiger partial charge in [-0.05, 0) is 12.5 Å². The molecule has 0 fully saturated rings. The monoisotopic (exact) mass is 236 g/mol. The molecule has 0 bridgehead atoms. The molecular weight excluding hydrogens is 224 g/mol. The SMILES string of the molecule is CCC(ON)n1cnc2ccc([N+](=O)[O-])cc21. The largest absolute Gasteiger partial charge is 0.302 e. The Morgan fingerprint density at radius 2 is 2.41 bits per heavy atom. The van der Waals surface area contributed by atoms with Gasteiger partial charge in [0.1, 0.15) is 0 Å². The molecule has 1 atom stereocenters. The summed E-state index contributed by atoms with van der Waals surface area (Å²) in [4.78, 5) is 19.2. The predicted octanol–water partition coefficient (Wildman–Crippen LogP) is 1.74. The Kier molecular flexibility index (Phi) is 3.03. The van der Waals surface area contributed by atoms with E-state index in [2.05, 4.69) is 4.98 Å². The molecule has 1 unspecified atom stereocenters. The van der Waals surface area contributed by atoms with E-state index in [0.29, 0.717) is 17.5 Å². The Hall–Kier alpha value is -1.99. The molecule has 17 heavy (non-hydrogen) atoms. The van der Waals surface area contributed by atoms with Gasteiger partial charge in [-0.1, -0.05) is 6.92 Å². The van der Waals surface area contributed by atoms with Crippen LogP contribution in [0.4, 0.5) is 5.69 Å². The van der Waals surface area contributed by atoms with E-state index in [4.69, 9.17) is 10.7 Å². The van der Waals surface area contributed by atoms with Crippen LogP contribution in [0.25, 0.3) is 11.0 Å². The van der Waals surface area contributed by atoms with Gasteiger partial charge in [0, 0.05) is 12.1 Å². The Morgan fingerprint density at radius 1 is 1.65 bits per heavy atom. The van der Waals surface area contributed by atoms with Gasteiger partial charge in [0.15, 0.2) is 6.23 Å². The second kappa shape index (κ2) is 4.48. The Balaban J connectivity index is 2.57. The van der Waals surface area contributed by atoms with Crippen LogP contribution in [0.3, 0.4) is 0 Å². The van der Waals surface area contributed by atoms with Crippen LogP contribution in [0.2, 0.25) is 0 Å². The highest BCUT2D eigenvalue weighted by Gasteiger charge is 2.15. The molecule has 7 nitrogen and oxygen atoms in total. The van der Waals surface area contributed by atoms with Gasteiger partial charge in [0.2, 0.25) is 0 Å². The van der Waals surface area contributed by atoms with Gasteiger partial charge < -0.3 is 4.57 Å². The highest BCUT2D eigenvalue weighted by Crippen LogP contribution is 2.23. The predicted molar refractivity (Wildman–Crippen MR) is 61.0 cm³/mol. The van der Waals surface area contributed by atoms with Crippen molar-refractivity contribution in [3.05, 3.63) is 34.6 Å². The number of aromatic nitrogens is 2. The number of fused-ring (bicyclic) bond motifs is 1. The fourth-order valence-electron chi connectivity index (χ4n) is 1.72. The molecule has 90 valence electrons. The van der Waals surface area contributed by atoms with Crippen molar-refractivity contribution in [3.8, 4) is 0 Å². The first kappa shape index (κ1) is 11.5. The highest BCUT2D eigenvalue weighted by molar-refractivity contribution is 5.78. The summed E-state index contributed by atoms with van der Waals surface area (Å²) < 4.78 is 1.68. The summed E-state index contributed by atoms with van der Waals surface area (Å²) in [7, 11) is 0. The maximum Gasteiger partial charge on any atom is 0.271 e. The number of non-ortho nitro benzene ring substituents is 1. The Morgan fingerprint density at radius 3 is 3.00 bits per heavy atom. The van der Waals surface area contributed by atoms with E-state index in [1.54, 1.807) is 17.0 Å². The number of hydrogen-bond acceptors (Lipinski definition) is 5. The van der Waals surface area contributed by atoms with E-state index < -0.39 is 4.92 Å². The van der Waals surface area contributed by atoms with Gasteiger partial charge in [-0.15, -0.1) is 0 Å². The molecule has 0 spiro atoms. The molecule has 0 amide bonds. The average molecular weight is 236 g/mol. The topological polar surface area (TPSA) is 96.2 Å². The molecule has 0 aliphatic heterocycles. The van der Waals surface area contributed by atoms with Crippen molar-refractivity contribution >= 4 is 16.7 Å². The normalized spacial score (nSPS) is 12.8. The second-order valence-electron chi connectivity index (χ2n) is 3.58. The molecule has 1 heterocycles. The average Bonchev–Trinajstić information content (AvgIpc) is 2.74. The summed E-state index contributed by atoms with van der Waals surface area (Å²) in [5.74, 6) is 5.18. The molecule has 7 heteroatoms. The minimum absolute atomic E-state index is 0.0196. The third-order valence-corrected chi connectivity index (χ3v) is 2.59. The molecule has 0 aliphatic rings. The summed E-state index contributed by atoms with van der Waals surface area (Å²) in [5, 5.41) is 10.7. The van der Waals surface area contributed by atoms with E-state index in [0.717, 1.165) is 0 Å². The van der Waals surface area contributed by atoms with Crippen molar-refractivity contribution in [2.45, 2.75) is 19.6 Å². The van der Waals surface area contributed by atoms with Crippen LogP contribution in [-0.4, -0.2) is 14.5 Å². The zero-order valence-corrected chi connectivity index (χ0v) is 9.24. The quantitative estimate of drug-likeness (QED) is 0.644. The van der Waals surface area contributed by atoms with Gasteiger partial charge in [0.05, 0.1) is 22.3 Å². The summed E-state index contributed by atoms with van der Waals surface area (Å²) in [6, 6.07) is 4.49. The Bertz CT molecular complexity index is 547. The summed E-state index contributed by atoms with van der Waals surface area (Å²) in [6.07, 6.45) is 1.84. The van der Waals surface area contributed by atoms with Gasteiger partial charge in [-0.3, -0.25) is 15.0 Å². The first-order valence-corrected chi connectivity index (χ1v) is 5.14. The molecule has 2 N–H and O–H groups in total.